The lowest BCUT2D eigenvalue weighted by Crippen LogP contribution is -2.13. The van der Waals surface area contributed by atoms with Gasteiger partial charge in [0.1, 0.15) is 28.7 Å². The van der Waals surface area contributed by atoms with Crippen molar-refractivity contribution in [1.82, 2.24) is 9.38 Å². The Balaban J connectivity index is 2.06. The van der Waals surface area contributed by atoms with Gasteiger partial charge in [-0.2, -0.15) is 13.2 Å². The summed E-state index contributed by atoms with van der Waals surface area (Å²) in [6.07, 6.45) is -4.64. The Kier molecular flexibility index (Phi) is 4.70. The van der Waals surface area contributed by atoms with Gasteiger partial charge in [0.25, 0.3) is 0 Å². The molecule has 0 saturated heterocycles. The first kappa shape index (κ1) is 19.3. The standard InChI is InChI=1S/C21H14ClF4N3/c1-12-6-4-8-14(22)18(12)28-20-19(13-7-2-3-9-15(13)23)27-17-11-5-10-16(29(17)20)21(24,25)26/h2-11,28H,1H3. The van der Waals surface area contributed by atoms with Crippen molar-refractivity contribution < 1.29 is 17.6 Å². The number of halogens is 5. The zero-order valence-electron chi connectivity index (χ0n) is 15.1. The van der Waals surface area contributed by atoms with E-state index >= 15 is 0 Å². The van der Waals surface area contributed by atoms with E-state index in [9.17, 15) is 17.6 Å². The summed E-state index contributed by atoms with van der Waals surface area (Å²) in [5, 5.41) is 3.30. The maximum absolute atomic E-state index is 14.5. The van der Waals surface area contributed by atoms with Gasteiger partial charge in [-0.3, -0.25) is 4.40 Å². The molecular weight excluding hydrogens is 406 g/mol. The van der Waals surface area contributed by atoms with Crippen LogP contribution in [0, 0.1) is 12.7 Å². The Bertz CT molecular complexity index is 1190. The van der Waals surface area contributed by atoms with Crippen LogP contribution in [0.15, 0.2) is 60.7 Å². The van der Waals surface area contributed by atoms with Gasteiger partial charge in [-0.25, -0.2) is 9.37 Å². The molecule has 0 unspecified atom stereocenters. The molecule has 0 saturated carbocycles. The molecule has 1 N–H and O–H groups in total. The number of benzene rings is 2. The van der Waals surface area contributed by atoms with Gasteiger partial charge in [0.15, 0.2) is 0 Å². The minimum absolute atomic E-state index is 0.0192. The highest BCUT2D eigenvalue weighted by Crippen LogP contribution is 2.39. The Morgan fingerprint density at radius 2 is 1.69 bits per heavy atom. The molecule has 0 fully saturated rings. The van der Waals surface area contributed by atoms with E-state index < -0.39 is 17.7 Å². The van der Waals surface area contributed by atoms with Crippen LogP contribution in [0.25, 0.3) is 16.9 Å². The molecule has 3 nitrogen and oxygen atoms in total. The van der Waals surface area contributed by atoms with Crippen molar-refractivity contribution in [2.75, 3.05) is 5.32 Å². The Morgan fingerprint density at radius 1 is 0.966 bits per heavy atom. The monoisotopic (exact) mass is 419 g/mol. The first-order valence-corrected chi connectivity index (χ1v) is 9.01. The zero-order chi connectivity index (χ0) is 20.8. The van der Waals surface area contributed by atoms with Gasteiger partial charge in [-0.05, 0) is 42.8 Å². The lowest BCUT2D eigenvalue weighted by atomic mass is 10.1. The molecule has 2 heterocycles. The van der Waals surface area contributed by atoms with E-state index in [1.807, 2.05) is 0 Å². The molecule has 0 amide bonds. The Hall–Kier alpha value is -3.06. The van der Waals surface area contributed by atoms with Crippen molar-refractivity contribution in [1.29, 1.82) is 0 Å². The van der Waals surface area contributed by atoms with Crippen LogP contribution in [0.4, 0.5) is 29.1 Å². The highest BCUT2D eigenvalue weighted by atomic mass is 35.5. The highest BCUT2D eigenvalue weighted by molar-refractivity contribution is 6.33. The molecule has 4 rings (SSSR count). The molecule has 2 aromatic carbocycles. The van der Waals surface area contributed by atoms with E-state index in [1.165, 1.54) is 30.3 Å². The van der Waals surface area contributed by atoms with Crippen LogP contribution in [-0.2, 0) is 6.18 Å². The second kappa shape index (κ2) is 7.08. The third-order valence-electron chi connectivity index (χ3n) is 4.53. The van der Waals surface area contributed by atoms with Gasteiger partial charge >= 0.3 is 6.18 Å². The number of hydrogen-bond acceptors (Lipinski definition) is 2. The largest absolute Gasteiger partial charge is 0.431 e. The summed E-state index contributed by atoms with van der Waals surface area (Å²) in [5.74, 6) is -0.613. The average molecular weight is 420 g/mol. The molecular formula is C21H14ClF4N3. The van der Waals surface area contributed by atoms with Gasteiger partial charge in [0.05, 0.1) is 10.7 Å². The average Bonchev–Trinajstić information content (AvgIpc) is 3.02. The molecule has 0 aliphatic carbocycles. The first-order chi connectivity index (χ1) is 13.8. The fourth-order valence-electron chi connectivity index (χ4n) is 3.18. The topological polar surface area (TPSA) is 29.3 Å². The van der Waals surface area contributed by atoms with Crippen LogP contribution >= 0.6 is 11.6 Å². The van der Waals surface area contributed by atoms with Gasteiger partial charge in [-0.1, -0.05) is 41.9 Å². The third kappa shape index (κ3) is 3.42. The van der Waals surface area contributed by atoms with Crippen molar-refractivity contribution in [2.45, 2.75) is 13.1 Å². The Morgan fingerprint density at radius 3 is 2.38 bits per heavy atom. The SMILES string of the molecule is Cc1cccc(Cl)c1Nc1c(-c2ccccc2F)nc2cccc(C(F)(F)F)n12. The molecule has 4 aromatic rings. The van der Waals surface area contributed by atoms with Gasteiger partial charge < -0.3 is 5.32 Å². The number of anilines is 2. The molecule has 29 heavy (non-hydrogen) atoms. The van der Waals surface area contributed by atoms with Crippen molar-refractivity contribution in [3.63, 3.8) is 0 Å². The van der Waals surface area contributed by atoms with Crippen molar-refractivity contribution in [3.05, 3.63) is 82.8 Å². The van der Waals surface area contributed by atoms with E-state index in [0.29, 0.717) is 10.7 Å². The number of nitrogens with one attached hydrogen (secondary N) is 1. The molecule has 8 heteroatoms. The summed E-state index contributed by atoms with van der Waals surface area (Å²) >= 11 is 6.27. The molecule has 0 spiro atoms. The summed E-state index contributed by atoms with van der Waals surface area (Å²) in [6.45, 7) is 1.77. The fraction of sp³-hybridized carbons (Fsp3) is 0.0952. The molecule has 0 atom stereocenters. The number of fused-ring (bicyclic) bond motifs is 1. The first-order valence-electron chi connectivity index (χ1n) is 8.63. The molecule has 148 valence electrons. The molecule has 2 aromatic heterocycles. The van der Waals surface area contributed by atoms with Crippen molar-refractivity contribution >= 4 is 28.8 Å². The maximum Gasteiger partial charge on any atom is 0.431 e. The van der Waals surface area contributed by atoms with Gasteiger partial charge in [-0.15, -0.1) is 0 Å². The number of pyridine rings is 1. The summed E-state index contributed by atoms with van der Waals surface area (Å²) in [6, 6.07) is 14.6. The van der Waals surface area contributed by atoms with E-state index in [1.54, 1.807) is 31.2 Å². The quantitative estimate of drug-likeness (QED) is 0.367. The van der Waals surface area contributed by atoms with E-state index in [4.69, 9.17) is 11.6 Å². The number of alkyl halides is 3. The zero-order valence-corrected chi connectivity index (χ0v) is 15.8. The van der Waals surface area contributed by atoms with Crippen molar-refractivity contribution in [2.24, 2.45) is 0 Å². The molecule has 0 radical (unpaired) electrons. The number of imidazole rings is 1. The molecule has 0 aliphatic heterocycles. The van der Waals surface area contributed by atoms with Crippen LogP contribution in [0.2, 0.25) is 5.02 Å². The number of para-hydroxylation sites is 1. The Labute approximate surface area is 168 Å². The van der Waals surface area contributed by atoms with Gasteiger partial charge in [0, 0.05) is 5.56 Å². The summed E-state index contributed by atoms with van der Waals surface area (Å²) < 4.78 is 56.6. The summed E-state index contributed by atoms with van der Waals surface area (Å²) in [5.41, 5.74) is 0.375. The molecule has 0 bridgehead atoms. The number of nitrogens with zero attached hydrogens (tertiary/aromatic N) is 2. The smallest absolute Gasteiger partial charge is 0.338 e. The normalized spacial score (nSPS) is 11.8. The number of hydrogen-bond donors (Lipinski definition) is 1. The maximum atomic E-state index is 14.5. The van der Waals surface area contributed by atoms with E-state index in [0.717, 1.165) is 16.0 Å². The molecule has 0 aliphatic rings. The van der Waals surface area contributed by atoms with E-state index in [-0.39, 0.29) is 22.7 Å². The lowest BCUT2D eigenvalue weighted by Gasteiger charge is -2.16. The summed E-state index contributed by atoms with van der Waals surface area (Å²) in [4.78, 5) is 4.29. The lowest BCUT2D eigenvalue weighted by molar-refractivity contribution is -0.141. The minimum Gasteiger partial charge on any atom is -0.338 e. The predicted octanol–water partition coefficient (Wildman–Crippen LogP) is 6.86. The van der Waals surface area contributed by atoms with E-state index in [2.05, 4.69) is 10.3 Å². The van der Waals surface area contributed by atoms with Gasteiger partial charge in [0.2, 0.25) is 0 Å². The van der Waals surface area contributed by atoms with Crippen LogP contribution in [0.5, 0.6) is 0 Å². The predicted molar refractivity (Wildman–Crippen MR) is 105 cm³/mol. The minimum atomic E-state index is -4.64. The number of aryl methyl sites for hydroxylation is 1. The third-order valence-corrected chi connectivity index (χ3v) is 4.84. The second-order valence-electron chi connectivity index (χ2n) is 6.45. The number of rotatable bonds is 3. The van der Waals surface area contributed by atoms with Crippen LogP contribution < -0.4 is 5.32 Å². The second-order valence-corrected chi connectivity index (χ2v) is 6.86. The summed E-state index contributed by atoms with van der Waals surface area (Å²) in [7, 11) is 0. The van der Waals surface area contributed by atoms with Crippen LogP contribution in [0.3, 0.4) is 0 Å². The highest BCUT2D eigenvalue weighted by Gasteiger charge is 2.35. The number of aromatic nitrogens is 2. The van der Waals surface area contributed by atoms with Crippen LogP contribution in [-0.4, -0.2) is 9.38 Å². The van der Waals surface area contributed by atoms with Crippen molar-refractivity contribution in [3.8, 4) is 11.3 Å². The van der Waals surface area contributed by atoms with Crippen LogP contribution in [0.1, 0.15) is 11.3 Å². The fourth-order valence-corrected chi connectivity index (χ4v) is 3.45.